The lowest BCUT2D eigenvalue weighted by Crippen LogP contribution is -2.21. The third-order valence-electron chi connectivity index (χ3n) is 13.8. The maximum absolute atomic E-state index is 2.54. The van der Waals surface area contributed by atoms with Crippen LogP contribution in [0.25, 0.3) is 64.7 Å². The van der Waals surface area contributed by atoms with Crippen LogP contribution in [0.5, 0.6) is 0 Å². The van der Waals surface area contributed by atoms with E-state index in [0.717, 1.165) is 11.4 Å². The Morgan fingerprint density at radius 3 is 1.88 bits per heavy atom. The summed E-state index contributed by atoms with van der Waals surface area (Å²) in [5.41, 5.74) is 20.0. The lowest BCUT2D eigenvalue weighted by Gasteiger charge is -2.30. The number of fused-ring (bicyclic) bond motifs is 11. The summed E-state index contributed by atoms with van der Waals surface area (Å²) in [5.74, 6) is 0. The standard InChI is InChI=1S/C56H43NS/c1-55(2)48-22-6-3-17-44(48)46-21-12-20-42(54(46)55)37-14-11-15-39(34-37)57(40-30-31-45-43-16-4-7-23-49(43)56(50(45)35-40)32-9-10-33-56)38-28-26-36(27-29-38)41-19-13-25-52-53(41)47-18-5-8-24-51(47)58-52/h3-8,11-31,34-35H,9-10,32-33H2,1-2H3. The van der Waals surface area contributed by atoms with E-state index >= 15 is 0 Å². The molecule has 3 aliphatic rings. The van der Waals surface area contributed by atoms with Gasteiger partial charge in [0, 0.05) is 48.1 Å². The van der Waals surface area contributed by atoms with Crippen LogP contribution in [0, 0.1) is 0 Å². The highest BCUT2D eigenvalue weighted by molar-refractivity contribution is 7.25. The smallest absolute Gasteiger partial charge is 0.0467 e. The van der Waals surface area contributed by atoms with E-state index in [1.54, 1.807) is 0 Å². The molecule has 1 nitrogen and oxygen atoms in total. The van der Waals surface area contributed by atoms with Crippen LogP contribution < -0.4 is 4.90 Å². The fraction of sp³-hybridized carbons (Fsp3) is 0.143. The van der Waals surface area contributed by atoms with Crippen molar-refractivity contribution in [2.45, 2.75) is 50.4 Å². The van der Waals surface area contributed by atoms with Crippen molar-refractivity contribution in [1.29, 1.82) is 0 Å². The molecule has 1 saturated carbocycles. The van der Waals surface area contributed by atoms with Crippen LogP contribution >= 0.6 is 11.3 Å². The number of hydrogen-bond donors (Lipinski definition) is 0. The molecular formula is C56H43NS. The summed E-state index contributed by atoms with van der Waals surface area (Å²) in [6, 6.07) is 66.5. The molecule has 0 N–H and O–H groups in total. The lowest BCUT2D eigenvalue weighted by atomic mass is 9.76. The highest BCUT2D eigenvalue weighted by Gasteiger charge is 2.45. The van der Waals surface area contributed by atoms with Gasteiger partial charge in [-0.15, -0.1) is 11.3 Å². The van der Waals surface area contributed by atoms with Crippen LogP contribution in [0.2, 0.25) is 0 Å². The first-order chi connectivity index (χ1) is 28.5. The second-order valence-electron chi connectivity index (χ2n) is 17.2. The first-order valence-corrected chi connectivity index (χ1v) is 21.7. The van der Waals surface area contributed by atoms with E-state index < -0.39 is 0 Å². The zero-order chi connectivity index (χ0) is 38.6. The molecule has 0 saturated heterocycles. The van der Waals surface area contributed by atoms with E-state index in [4.69, 9.17) is 0 Å². The van der Waals surface area contributed by atoms with Gasteiger partial charge in [0.15, 0.2) is 0 Å². The largest absolute Gasteiger partial charge is 0.310 e. The van der Waals surface area contributed by atoms with Crippen molar-refractivity contribution in [2.24, 2.45) is 0 Å². The van der Waals surface area contributed by atoms with Crippen LogP contribution in [0.1, 0.15) is 61.8 Å². The molecule has 0 bridgehead atoms. The van der Waals surface area contributed by atoms with Crippen LogP contribution in [0.3, 0.4) is 0 Å². The molecule has 0 amide bonds. The van der Waals surface area contributed by atoms with E-state index in [2.05, 4.69) is 195 Å². The first-order valence-electron chi connectivity index (χ1n) is 20.9. The fourth-order valence-electron chi connectivity index (χ4n) is 11.3. The van der Waals surface area contributed by atoms with Crippen LogP contribution in [0.15, 0.2) is 176 Å². The number of benzene rings is 8. The van der Waals surface area contributed by atoms with Gasteiger partial charge in [0.25, 0.3) is 0 Å². The van der Waals surface area contributed by atoms with Crippen molar-refractivity contribution in [3.63, 3.8) is 0 Å². The highest BCUT2D eigenvalue weighted by Crippen LogP contribution is 2.58. The molecule has 1 spiro atoms. The Bertz CT molecular complexity index is 3100. The number of rotatable bonds is 5. The Hall–Kier alpha value is -6.22. The van der Waals surface area contributed by atoms with Gasteiger partial charge >= 0.3 is 0 Å². The molecule has 0 radical (unpaired) electrons. The van der Waals surface area contributed by atoms with E-state index in [-0.39, 0.29) is 10.8 Å². The summed E-state index contributed by atoms with van der Waals surface area (Å²) in [6.45, 7) is 4.78. The van der Waals surface area contributed by atoms with E-state index in [0.29, 0.717) is 0 Å². The lowest BCUT2D eigenvalue weighted by molar-refractivity contribution is 0.550. The van der Waals surface area contributed by atoms with Crippen molar-refractivity contribution >= 4 is 48.6 Å². The summed E-state index contributed by atoms with van der Waals surface area (Å²) in [4.78, 5) is 2.50. The Kier molecular flexibility index (Phi) is 7.38. The van der Waals surface area contributed by atoms with Crippen LogP contribution in [-0.2, 0) is 10.8 Å². The molecule has 8 aromatic carbocycles. The Morgan fingerprint density at radius 1 is 0.431 bits per heavy atom. The molecular weight excluding hydrogens is 719 g/mol. The van der Waals surface area contributed by atoms with Crippen molar-refractivity contribution in [2.75, 3.05) is 4.90 Å². The second-order valence-corrected chi connectivity index (χ2v) is 18.3. The zero-order valence-electron chi connectivity index (χ0n) is 32.9. The van der Waals surface area contributed by atoms with E-state index in [1.807, 2.05) is 11.3 Å². The molecule has 3 aliphatic carbocycles. The fourth-order valence-corrected chi connectivity index (χ4v) is 12.4. The summed E-state index contributed by atoms with van der Waals surface area (Å²) < 4.78 is 2.67. The van der Waals surface area contributed by atoms with Gasteiger partial charge in [-0.2, -0.15) is 0 Å². The molecule has 278 valence electrons. The summed E-state index contributed by atoms with van der Waals surface area (Å²) >= 11 is 1.88. The summed E-state index contributed by atoms with van der Waals surface area (Å²) in [6.07, 6.45) is 4.98. The molecule has 12 rings (SSSR count). The Labute approximate surface area is 344 Å². The highest BCUT2D eigenvalue weighted by atomic mass is 32.1. The van der Waals surface area contributed by atoms with Gasteiger partial charge in [-0.05, 0) is 128 Å². The number of thiophene rings is 1. The molecule has 1 aromatic heterocycles. The molecule has 1 heterocycles. The Morgan fingerprint density at radius 2 is 1.03 bits per heavy atom. The third kappa shape index (κ3) is 4.82. The molecule has 2 heteroatoms. The van der Waals surface area contributed by atoms with Gasteiger partial charge in [0.2, 0.25) is 0 Å². The van der Waals surface area contributed by atoms with Crippen molar-refractivity contribution < 1.29 is 0 Å². The van der Waals surface area contributed by atoms with Crippen LogP contribution in [-0.4, -0.2) is 0 Å². The van der Waals surface area contributed by atoms with Gasteiger partial charge in [0.05, 0.1) is 0 Å². The predicted octanol–water partition coefficient (Wildman–Crippen LogP) is 16.0. The normalized spacial score (nSPS) is 15.4. The summed E-state index contributed by atoms with van der Waals surface area (Å²) in [5, 5.41) is 2.68. The zero-order valence-corrected chi connectivity index (χ0v) is 33.7. The van der Waals surface area contributed by atoms with Crippen LogP contribution in [0.4, 0.5) is 17.1 Å². The quantitative estimate of drug-likeness (QED) is 0.169. The molecule has 0 unspecified atom stereocenters. The van der Waals surface area contributed by atoms with Gasteiger partial charge in [-0.1, -0.05) is 154 Å². The predicted molar refractivity (Wildman–Crippen MR) is 247 cm³/mol. The minimum Gasteiger partial charge on any atom is -0.310 e. The van der Waals surface area contributed by atoms with Gasteiger partial charge < -0.3 is 4.90 Å². The van der Waals surface area contributed by atoms with Crippen molar-refractivity contribution in [3.05, 3.63) is 198 Å². The van der Waals surface area contributed by atoms with Gasteiger partial charge in [-0.25, -0.2) is 0 Å². The number of hydrogen-bond acceptors (Lipinski definition) is 2. The average Bonchev–Trinajstić information content (AvgIpc) is 4.04. The molecule has 0 aliphatic heterocycles. The monoisotopic (exact) mass is 761 g/mol. The van der Waals surface area contributed by atoms with Crippen molar-refractivity contribution in [3.8, 4) is 44.5 Å². The first kappa shape index (κ1) is 33.9. The molecule has 0 atom stereocenters. The average molecular weight is 762 g/mol. The Balaban J connectivity index is 1.03. The topological polar surface area (TPSA) is 3.24 Å². The molecule has 1 fully saturated rings. The minimum absolute atomic E-state index is 0.0898. The minimum atomic E-state index is -0.102. The van der Waals surface area contributed by atoms with E-state index in [1.165, 1.54) is 118 Å². The molecule has 58 heavy (non-hydrogen) atoms. The number of nitrogens with zero attached hydrogens (tertiary/aromatic N) is 1. The summed E-state index contributed by atoms with van der Waals surface area (Å²) in [7, 11) is 0. The second kappa shape index (κ2) is 12.6. The van der Waals surface area contributed by atoms with E-state index in [9.17, 15) is 0 Å². The maximum Gasteiger partial charge on any atom is 0.0467 e. The van der Waals surface area contributed by atoms with Gasteiger partial charge in [-0.3, -0.25) is 0 Å². The van der Waals surface area contributed by atoms with Gasteiger partial charge in [0.1, 0.15) is 0 Å². The number of anilines is 3. The maximum atomic E-state index is 2.54. The third-order valence-corrected chi connectivity index (χ3v) is 14.9. The SMILES string of the molecule is CC1(C)c2ccccc2-c2cccc(-c3cccc(N(c4ccc(-c5cccc6sc7ccccc7c56)cc4)c4ccc5c(c4)C4(CCCC4)c4ccccc4-5)c3)c21. The van der Waals surface area contributed by atoms with Crippen molar-refractivity contribution in [1.82, 2.24) is 0 Å². The molecule has 9 aromatic rings.